The molecule has 4 aliphatic rings. The second-order valence-corrected chi connectivity index (χ2v) is 17.2. The fraction of sp³-hybridized carbons (Fsp3) is 0.641. The predicted octanol–water partition coefficient (Wildman–Crippen LogP) is 6.95. The van der Waals surface area contributed by atoms with E-state index in [-0.39, 0.29) is 12.1 Å². The van der Waals surface area contributed by atoms with E-state index in [0.717, 1.165) is 86.1 Å². The molecule has 0 saturated carbocycles. The summed E-state index contributed by atoms with van der Waals surface area (Å²) in [5, 5.41) is 2.46. The quantitative estimate of drug-likeness (QED) is 0.193. The van der Waals surface area contributed by atoms with Gasteiger partial charge in [-0.25, -0.2) is 25.8 Å². The van der Waals surface area contributed by atoms with Crippen LogP contribution in [0.1, 0.15) is 116 Å². The number of hydrogen-bond donors (Lipinski definition) is 1. The summed E-state index contributed by atoms with van der Waals surface area (Å²) in [6, 6.07) is 6.37. The van der Waals surface area contributed by atoms with Crippen LogP contribution in [0.4, 0.5) is 11.9 Å². The zero-order chi connectivity index (χ0) is 36.5. The van der Waals surface area contributed by atoms with Gasteiger partial charge in [0, 0.05) is 42.7 Å². The third-order valence-electron chi connectivity index (χ3n) is 11.4. The summed E-state index contributed by atoms with van der Waals surface area (Å²) in [6.45, 7) is 22.9. The van der Waals surface area contributed by atoms with Crippen LogP contribution in [0.15, 0.2) is 30.6 Å². The molecule has 0 radical (unpaired) electrons. The fourth-order valence-corrected chi connectivity index (χ4v) is 9.22. The lowest BCUT2D eigenvalue weighted by Crippen LogP contribution is -2.56. The van der Waals surface area contributed by atoms with Gasteiger partial charge in [0.05, 0.1) is 40.3 Å². The van der Waals surface area contributed by atoms with E-state index in [0.29, 0.717) is 23.5 Å². The summed E-state index contributed by atoms with van der Waals surface area (Å²) in [4.78, 5) is 25.0. The first-order valence-electron chi connectivity index (χ1n) is 18.6. The van der Waals surface area contributed by atoms with Crippen molar-refractivity contribution in [3.63, 3.8) is 0 Å². The number of nitrogens with zero attached hydrogens (tertiary/aromatic N) is 7. The van der Waals surface area contributed by atoms with Crippen molar-refractivity contribution in [1.29, 1.82) is 0 Å². The molecule has 2 fully saturated rings. The average Bonchev–Trinajstić information content (AvgIpc) is 3.39. The number of benzene rings is 1. The third-order valence-corrected chi connectivity index (χ3v) is 11.7. The molecule has 276 valence electrons. The Balaban J connectivity index is 1.14. The number of hydrazine groups is 1. The highest BCUT2D eigenvalue weighted by molar-refractivity contribution is 6.32. The first-order chi connectivity index (χ1) is 24.0. The van der Waals surface area contributed by atoms with E-state index in [1.807, 2.05) is 25.4 Å². The Kier molecular flexibility index (Phi) is 9.31. The number of anilines is 2. The molecule has 6 heterocycles. The van der Waals surface area contributed by atoms with Crippen LogP contribution >= 0.6 is 11.6 Å². The molecule has 11 nitrogen and oxygen atoms in total. The number of halogens is 1. The second kappa shape index (κ2) is 13.1. The van der Waals surface area contributed by atoms with Crippen molar-refractivity contribution in [2.45, 2.75) is 129 Å². The van der Waals surface area contributed by atoms with Crippen molar-refractivity contribution in [2.75, 3.05) is 36.1 Å². The third kappa shape index (κ3) is 6.81. The molecule has 2 atom stereocenters. The Morgan fingerprint density at radius 2 is 1.49 bits per heavy atom. The topological polar surface area (TPSA) is 115 Å². The van der Waals surface area contributed by atoms with Crippen molar-refractivity contribution < 1.29 is 14.2 Å². The second-order valence-electron chi connectivity index (χ2n) is 16.8. The maximum atomic E-state index is 6.96. The Labute approximate surface area is 308 Å². The largest absolute Gasteiger partial charge is 0.492 e. The van der Waals surface area contributed by atoms with Crippen LogP contribution in [0.2, 0.25) is 5.02 Å². The SMILES string of the molecule is CCOc1cc(CN2CCC(C3CC(N(N)c4ncc5c(n4)C(C)(C)OC5(C)C)CCN3c3ncc4c(n3)C(C)(C)OC4(C)C)CC2)ccc1Cl. The summed E-state index contributed by atoms with van der Waals surface area (Å²) in [7, 11) is 0. The van der Waals surface area contributed by atoms with E-state index in [1.54, 1.807) is 5.01 Å². The monoisotopic (exact) mass is 718 g/mol. The van der Waals surface area contributed by atoms with E-state index in [9.17, 15) is 0 Å². The van der Waals surface area contributed by atoms with Gasteiger partial charge in [-0.15, -0.1) is 0 Å². The van der Waals surface area contributed by atoms with Crippen LogP contribution in [-0.4, -0.2) is 63.2 Å². The van der Waals surface area contributed by atoms with Crippen molar-refractivity contribution in [3.05, 3.63) is 63.7 Å². The zero-order valence-electron chi connectivity index (χ0n) is 31.8. The van der Waals surface area contributed by atoms with Crippen molar-refractivity contribution in [1.82, 2.24) is 24.8 Å². The fourth-order valence-electron chi connectivity index (χ4n) is 9.04. The minimum Gasteiger partial charge on any atom is -0.492 e. The number of aromatic nitrogens is 4. The first kappa shape index (κ1) is 36.3. The van der Waals surface area contributed by atoms with Crippen molar-refractivity contribution in [2.24, 2.45) is 11.8 Å². The minimum atomic E-state index is -0.523. The molecule has 3 aromatic rings. The van der Waals surface area contributed by atoms with Crippen LogP contribution < -0.4 is 20.5 Å². The van der Waals surface area contributed by atoms with Crippen molar-refractivity contribution >= 4 is 23.5 Å². The van der Waals surface area contributed by atoms with Gasteiger partial charge in [-0.2, -0.15) is 0 Å². The highest BCUT2D eigenvalue weighted by Crippen LogP contribution is 2.47. The smallest absolute Gasteiger partial charge is 0.240 e. The molecule has 0 amide bonds. The average molecular weight is 719 g/mol. The van der Waals surface area contributed by atoms with Crippen LogP contribution in [0.5, 0.6) is 5.75 Å². The van der Waals surface area contributed by atoms with Gasteiger partial charge in [0.1, 0.15) is 17.0 Å². The zero-order valence-corrected chi connectivity index (χ0v) is 32.5. The van der Waals surface area contributed by atoms with E-state index < -0.39 is 22.4 Å². The van der Waals surface area contributed by atoms with Gasteiger partial charge in [-0.1, -0.05) is 17.7 Å². The Hall–Kier alpha value is -3.09. The van der Waals surface area contributed by atoms with Crippen LogP contribution in [0.25, 0.3) is 0 Å². The van der Waals surface area contributed by atoms with Gasteiger partial charge >= 0.3 is 0 Å². The number of piperidine rings is 2. The lowest BCUT2D eigenvalue weighted by atomic mass is 9.82. The number of hydrogen-bond acceptors (Lipinski definition) is 11. The molecule has 2 aromatic heterocycles. The number of likely N-dealkylation sites (tertiary alicyclic amines) is 1. The number of fused-ring (bicyclic) bond motifs is 2. The lowest BCUT2D eigenvalue weighted by molar-refractivity contribution is -0.106. The predicted molar refractivity (Wildman–Crippen MR) is 200 cm³/mol. The van der Waals surface area contributed by atoms with Crippen LogP contribution in [0, 0.1) is 5.92 Å². The summed E-state index contributed by atoms with van der Waals surface area (Å²) in [6.07, 6.45) is 7.70. The van der Waals surface area contributed by atoms with Gasteiger partial charge in [0.2, 0.25) is 11.9 Å². The Morgan fingerprint density at radius 3 is 2.14 bits per heavy atom. The first-order valence-corrected chi connectivity index (χ1v) is 19.0. The molecule has 2 saturated heterocycles. The molecule has 0 aliphatic carbocycles. The highest BCUT2D eigenvalue weighted by atomic mass is 35.5. The Bertz CT molecular complexity index is 1770. The minimum absolute atomic E-state index is 0.0555. The van der Waals surface area contributed by atoms with Gasteiger partial charge in [0.15, 0.2) is 0 Å². The number of nitrogens with two attached hydrogens (primary N) is 1. The van der Waals surface area contributed by atoms with Gasteiger partial charge in [-0.3, -0.25) is 9.91 Å². The van der Waals surface area contributed by atoms with Crippen molar-refractivity contribution in [3.8, 4) is 5.75 Å². The van der Waals surface area contributed by atoms with E-state index in [2.05, 4.69) is 77.3 Å². The molecular formula is C39H55ClN8O3. The van der Waals surface area contributed by atoms with E-state index in [1.165, 1.54) is 5.56 Å². The molecule has 7 rings (SSSR count). The number of rotatable bonds is 8. The molecule has 0 bridgehead atoms. The lowest BCUT2D eigenvalue weighted by Gasteiger charge is -2.47. The maximum absolute atomic E-state index is 6.96. The van der Waals surface area contributed by atoms with E-state index in [4.69, 9.17) is 51.6 Å². The molecule has 0 spiro atoms. The maximum Gasteiger partial charge on any atom is 0.240 e. The molecule has 4 aliphatic heterocycles. The van der Waals surface area contributed by atoms with Crippen LogP contribution in [0.3, 0.4) is 0 Å². The Morgan fingerprint density at radius 1 is 0.863 bits per heavy atom. The standard InChI is InChI=1S/C39H55ClN8O3/c1-10-49-31-19-24(11-12-29(31)40)23-46-16-13-25(14-17-46)30-20-26(48(41)35-43-22-28-33(45-35)39(8,9)51-37(28,4)5)15-18-47(30)34-42-21-27-32(44-34)38(6,7)50-36(27,2)3/h11-12,19,21-22,25-26,30H,10,13-18,20,23,41H2,1-9H3. The van der Waals surface area contributed by atoms with Gasteiger partial charge in [-0.05, 0) is 125 Å². The summed E-state index contributed by atoms with van der Waals surface area (Å²) in [5.74, 6) is 9.47. The normalized spacial score (nSPS) is 25.0. The molecule has 12 heteroatoms. The molecule has 2 unspecified atom stereocenters. The van der Waals surface area contributed by atoms with Gasteiger partial charge < -0.3 is 19.1 Å². The summed E-state index contributed by atoms with van der Waals surface area (Å²) >= 11 is 6.38. The van der Waals surface area contributed by atoms with Gasteiger partial charge in [0.25, 0.3) is 0 Å². The molecule has 2 N–H and O–H groups in total. The summed E-state index contributed by atoms with van der Waals surface area (Å²) in [5.41, 5.74) is 3.26. The number of ether oxygens (including phenoxy) is 3. The van der Waals surface area contributed by atoms with E-state index >= 15 is 0 Å². The van der Waals surface area contributed by atoms with Crippen LogP contribution in [-0.2, 0) is 38.4 Å². The molecule has 51 heavy (non-hydrogen) atoms. The molecular weight excluding hydrogens is 664 g/mol. The highest BCUT2D eigenvalue weighted by Gasteiger charge is 2.47. The molecule has 1 aromatic carbocycles. The summed E-state index contributed by atoms with van der Waals surface area (Å²) < 4.78 is 18.6.